The van der Waals surface area contributed by atoms with Crippen molar-refractivity contribution in [2.45, 2.75) is 25.2 Å². The fourth-order valence-corrected chi connectivity index (χ4v) is 3.48. The van der Waals surface area contributed by atoms with E-state index in [0.717, 1.165) is 5.69 Å². The molecule has 21 heavy (non-hydrogen) atoms. The zero-order chi connectivity index (χ0) is 15.8. The van der Waals surface area contributed by atoms with Gasteiger partial charge in [0.05, 0.1) is 10.3 Å². The standard InChI is InChI=1S/C15H21NO4S/c1-11(2)15(14(17)18)8-9-16(10-15)12-4-6-13(7-5-12)21(3,19)20/h4-7,11H,8-10H2,1-3H3,(H,17,18). The van der Waals surface area contributed by atoms with Crippen molar-refractivity contribution in [2.24, 2.45) is 11.3 Å². The highest BCUT2D eigenvalue weighted by atomic mass is 32.2. The molecule has 1 saturated heterocycles. The van der Waals surface area contributed by atoms with Crippen LogP contribution in [0.2, 0.25) is 0 Å². The molecule has 0 aliphatic carbocycles. The summed E-state index contributed by atoms with van der Waals surface area (Å²) in [6.07, 6.45) is 1.78. The molecule has 1 aliphatic rings. The van der Waals surface area contributed by atoms with Gasteiger partial charge in [-0.15, -0.1) is 0 Å². The van der Waals surface area contributed by atoms with Crippen molar-refractivity contribution >= 4 is 21.5 Å². The van der Waals surface area contributed by atoms with Crippen molar-refractivity contribution in [1.82, 2.24) is 0 Å². The number of nitrogens with zero attached hydrogens (tertiary/aromatic N) is 1. The molecule has 0 amide bonds. The van der Waals surface area contributed by atoms with Crippen LogP contribution in [-0.4, -0.2) is 38.8 Å². The zero-order valence-electron chi connectivity index (χ0n) is 12.5. The van der Waals surface area contributed by atoms with Gasteiger partial charge in [0, 0.05) is 25.0 Å². The molecular weight excluding hydrogens is 290 g/mol. The fraction of sp³-hybridized carbons (Fsp3) is 0.533. The topological polar surface area (TPSA) is 74.7 Å². The largest absolute Gasteiger partial charge is 0.481 e. The molecule has 5 nitrogen and oxygen atoms in total. The minimum atomic E-state index is -3.21. The van der Waals surface area contributed by atoms with Crippen LogP contribution in [-0.2, 0) is 14.6 Å². The second kappa shape index (κ2) is 5.33. The van der Waals surface area contributed by atoms with Crippen LogP contribution in [0.4, 0.5) is 5.69 Å². The quantitative estimate of drug-likeness (QED) is 0.921. The molecule has 1 aliphatic heterocycles. The van der Waals surface area contributed by atoms with Crippen LogP contribution in [0.15, 0.2) is 29.2 Å². The normalized spacial score (nSPS) is 22.8. The first-order chi connectivity index (χ1) is 9.67. The molecule has 1 fully saturated rings. The molecule has 2 rings (SSSR count). The fourth-order valence-electron chi connectivity index (χ4n) is 2.85. The molecule has 0 radical (unpaired) electrons. The predicted molar refractivity (Wildman–Crippen MR) is 81.3 cm³/mol. The Morgan fingerprint density at radius 1 is 1.29 bits per heavy atom. The van der Waals surface area contributed by atoms with E-state index in [-0.39, 0.29) is 10.8 Å². The zero-order valence-corrected chi connectivity index (χ0v) is 13.4. The predicted octanol–water partition coefficient (Wildman–Crippen LogP) is 2.03. The van der Waals surface area contributed by atoms with E-state index in [1.807, 2.05) is 18.7 Å². The summed E-state index contributed by atoms with van der Waals surface area (Å²) in [5.74, 6) is -0.706. The van der Waals surface area contributed by atoms with Gasteiger partial charge in [-0.05, 0) is 36.6 Å². The summed E-state index contributed by atoms with van der Waals surface area (Å²) in [5, 5.41) is 9.54. The van der Waals surface area contributed by atoms with E-state index in [1.165, 1.54) is 6.26 Å². The highest BCUT2D eigenvalue weighted by Crippen LogP contribution is 2.40. The number of carbonyl (C=O) groups is 1. The molecule has 1 atom stereocenters. The summed E-state index contributed by atoms with van der Waals surface area (Å²) in [7, 11) is -3.21. The molecule has 0 bridgehead atoms. The SMILES string of the molecule is CC(C)C1(C(=O)O)CCN(c2ccc(S(C)(=O)=O)cc2)C1. The van der Waals surface area contributed by atoms with Gasteiger partial charge in [-0.2, -0.15) is 0 Å². The Labute approximate surface area is 125 Å². The van der Waals surface area contributed by atoms with Gasteiger partial charge in [-0.1, -0.05) is 13.8 Å². The Balaban J connectivity index is 2.24. The van der Waals surface area contributed by atoms with E-state index in [9.17, 15) is 18.3 Å². The summed E-state index contributed by atoms with van der Waals surface area (Å²) in [5.41, 5.74) is 0.140. The van der Waals surface area contributed by atoms with Gasteiger partial charge in [0.15, 0.2) is 9.84 Å². The maximum Gasteiger partial charge on any atom is 0.311 e. The summed E-state index contributed by atoms with van der Waals surface area (Å²) in [6, 6.07) is 6.63. The lowest BCUT2D eigenvalue weighted by Gasteiger charge is -2.29. The average Bonchev–Trinajstić information content (AvgIpc) is 2.84. The summed E-state index contributed by atoms with van der Waals surface area (Å²) < 4.78 is 22.9. The van der Waals surface area contributed by atoms with Crippen molar-refractivity contribution in [3.63, 3.8) is 0 Å². The number of hydrogen-bond acceptors (Lipinski definition) is 4. The van der Waals surface area contributed by atoms with Crippen LogP contribution in [0.1, 0.15) is 20.3 Å². The van der Waals surface area contributed by atoms with E-state index in [2.05, 4.69) is 0 Å². The molecule has 1 aromatic carbocycles. The molecule has 1 unspecified atom stereocenters. The van der Waals surface area contributed by atoms with Crippen LogP contribution in [0, 0.1) is 11.3 Å². The molecule has 1 heterocycles. The summed E-state index contributed by atoms with van der Waals surface area (Å²) in [4.78, 5) is 13.9. The van der Waals surface area contributed by atoms with Crippen LogP contribution in [0.5, 0.6) is 0 Å². The minimum Gasteiger partial charge on any atom is -0.481 e. The highest BCUT2D eigenvalue weighted by molar-refractivity contribution is 7.90. The number of benzene rings is 1. The average molecular weight is 311 g/mol. The first kappa shape index (κ1) is 15.8. The third-order valence-electron chi connectivity index (χ3n) is 4.46. The number of hydrogen-bond donors (Lipinski definition) is 1. The Morgan fingerprint density at radius 2 is 1.86 bits per heavy atom. The van der Waals surface area contributed by atoms with E-state index in [0.29, 0.717) is 19.5 Å². The van der Waals surface area contributed by atoms with Gasteiger partial charge in [-0.3, -0.25) is 4.79 Å². The van der Waals surface area contributed by atoms with Crippen LogP contribution in [0.3, 0.4) is 0 Å². The van der Waals surface area contributed by atoms with Gasteiger partial charge in [0.2, 0.25) is 0 Å². The third-order valence-corrected chi connectivity index (χ3v) is 5.59. The van der Waals surface area contributed by atoms with Crippen molar-refractivity contribution in [3.8, 4) is 0 Å². The van der Waals surface area contributed by atoms with Gasteiger partial charge >= 0.3 is 5.97 Å². The summed E-state index contributed by atoms with van der Waals surface area (Å²) in [6.45, 7) is 5.00. The summed E-state index contributed by atoms with van der Waals surface area (Å²) >= 11 is 0. The number of aliphatic carboxylic acids is 1. The van der Waals surface area contributed by atoms with Crippen LogP contribution >= 0.6 is 0 Å². The highest BCUT2D eigenvalue weighted by Gasteiger charge is 2.47. The Morgan fingerprint density at radius 3 is 2.24 bits per heavy atom. The first-order valence-corrected chi connectivity index (χ1v) is 8.84. The third kappa shape index (κ3) is 2.90. The van der Waals surface area contributed by atoms with Crippen molar-refractivity contribution in [3.05, 3.63) is 24.3 Å². The maximum atomic E-state index is 11.6. The van der Waals surface area contributed by atoms with E-state index in [1.54, 1.807) is 24.3 Å². The minimum absolute atomic E-state index is 0.0512. The molecule has 0 aromatic heterocycles. The van der Waals surface area contributed by atoms with Crippen molar-refractivity contribution < 1.29 is 18.3 Å². The van der Waals surface area contributed by atoms with E-state index in [4.69, 9.17) is 0 Å². The second-order valence-corrected chi connectivity index (χ2v) is 8.07. The van der Waals surface area contributed by atoms with Crippen LogP contribution < -0.4 is 4.90 Å². The second-order valence-electron chi connectivity index (χ2n) is 6.05. The number of carboxylic acid groups (broad SMARTS) is 1. The number of carboxylic acids is 1. The van der Waals surface area contributed by atoms with Crippen LogP contribution in [0.25, 0.3) is 0 Å². The number of sulfone groups is 1. The van der Waals surface area contributed by atoms with Gasteiger partial charge in [0.25, 0.3) is 0 Å². The first-order valence-electron chi connectivity index (χ1n) is 6.95. The Bertz CT molecular complexity index is 636. The lowest BCUT2D eigenvalue weighted by Crippen LogP contribution is -2.39. The molecular formula is C15H21NO4S. The maximum absolute atomic E-state index is 11.6. The van der Waals surface area contributed by atoms with Gasteiger partial charge in [-0.25, -0.2) is 8.42 Å². The molecule has 1 N–H and O–H groups in total. The molecule has 0 spiro atoms. The van der Waals surface area contributed by atoms with E-state index < -0.39 is 21.2 Å². The molecule has 6 heteroatoms. The lowest BCUT2D eigenvalue weighted by atomic mass is 9.76. The smallest absolute Gasteiger partial charge is 0.311 e. The van der Waals surface area contributed by atoms with Crippen molar-refractivity contribution in [2.75, 3.05) is 24.2 Å². The lowest BCUT2D eigenvalue weighted by molar-refractivity contribution is -0.150. The Kier molecular flexibility index (Phi) is 4.02. The molecule has 116 valence electrons. The van der Waals surface area contributed by atoms with Crippen molar-refractivity contribution in [1.29, 1.82) is 0 Å². The van der Waals surface area contributed by atoms with Gasteiger partial charge < -0.3 is 10.0 Å². The molecule has 0 saturated carbocycles. The van der Waals surface area contributed by atoms with E-state index >= 15 is 0 Å². The number of anilines is 1. The monoisotopic (exact) mass is 311 g/mol. The Hall–Kier alpha value is -1.56. The molecule has 1 aromatic rings. The van der Waals surface area contributed by atoms with Gasteiger partial charge in [0.1, 0.15) is 0 Å². The number of rotatable bonds is 4.